The van der Waals surface area contributed by atoms with E-state index < -0.39 is 71.5 Å². The van der Waals surface area contributed by atoms with Crippen molar-refractivity contribution in [2.45, 2.75) is 102 Å². The Balaban J connectivity index is 1.92. The number of phenols is 1. The van der Waals surface area contributed by atoms with Gasteiger partial charge in [-0.25, -0.2) is 4.98 Å². The molecule has 0 bridgehead atoms. The Kier molecular flexibility index (Phi) is 16.4. The van der Waals surface area contributed by atoms with E-state index in [2.05, 4.69) is 31.2 Å². The van der Waals surface area contributed by atoms with Crippen LogP contribution in [0, 0.1) is 11.8 Å². The van der Waals surface area contributed by atoms with E-state index in [0.717, 1.165) is 0 Å². The number of H-pyrrole nitrogens is 1. The van der Waals surface area contributed by atoms with Gasteiger partial charge in [0.2, 0.25) is 23.6 Å². The molecule has 1 aliphatic rings. The summed E-state index contributed by atoms with van der Waals surface area (Å²) in [5.74, 6) is -5.22. The van der Waals surface area contributed by atoms with Crippen LogP contribution in [0.25, 0.3) is 0 Å². The second-order valence-corrected chi connectivity index (χ2v) is 13.6. The van der Waals surface area contributed by atoms with Gasteiger partial charge in [-0.1, -0.05) is 38.1 Å². The average molecular weight is 725 g/mol. The van der Waals surface area contributed by atoms with Crippen LogP contribution in [-0.2, 0) is 41.6 Å². The number of aromatic amines is 1. The lowest BCUT2D eigenvalue weighted by atomic mass is 9.89. The second-order valence-electron chi connectivity index (χ2n) is 13.6. The standard InChI is InChI=1S/C36H52N8O8/c1-21(2)15-23(36(51)52)17-31(46)29(16-22-10-12-25(45)13-11-22)43-34(49)27-8-4-3-7-26(38)32(47)44-30(18-24-19-39-20-40-24)35(50)42-28(33(48)41-27)9-5-6-14-37/h3-4,10-13,19-21,23,26-30,45H,5-9,14-18,37-38H2,1-2H3,(H,39,40)(H,41,48)(H,42,50)(H,43,49)(H,44,47)(H,51,52)/t23-,26+,27+,28+,29+,30-/m1/s1. The van der Waals surface area contributed by atoms with Gasteiger partial charge in [-0.05, 0) is 75.1 Å². The molecule has 11 N–H and O–H groups in total. The molecule has 0 spiro atoms. The maximum absolute atomic E-state index is 13.9. The van der Waals surface area contributed by atoms with Gasteiger partial charge >= 0.3 is 5.97 Å². The molecule has 2 heterocycles. The molecule has 16 heteroatoms. The molecule has 4 amide bonds. The SMILES string of the molecule is CC(C)C[C@H](CC(=O)[C@H](Cc1ccc(O)cc1)NC(=O)[C@@H]1CC=CC[C@H](N)C(=O)N[C@H](Cc2cnc[nH]2)C(=O)N[C@@H](CCCCN)C(=O)N1)C(=O)O. The summed E-state index contributed by atoms with van der Waals surface area (Å²) in [5, 5.41) is 30.4. The Morgan fingerprint density at radius 1 is 0.962 bits per heavy atom. The molecule has 1 aromatic heterocycles. The number of rotatable bonds is 16. The highest BCUT2D eigenvalue weighted by Gasteiger charge is 2.33. The molecule has 0 fully saturated rings. The number of hydrogen-bond acceptors (Lipinski definition) is 10. The van der Waals surface area contributed by atoms with E-state index in [9.17, 15) is 39.0 Å². The minimum atomic E-state index is -1.23. The lowest BCUT2D eigenvalue weighted by Crippen LogP contribution is -2.59. The number of ketones is 1. The van der Waals surface area contributed by atoms with Gasteiger partial charge in [-0.15, -0.1) is 0 Å². The van der Waals surface area contributed by atoms with Gasteiger partial charge in [0.1, 0.15) is 23.9 Å². The number of amides is 4. The van der Waals surface area contributed by atoms with Crippen molar-refractivity contribution in [1.82, 2.24) is 31.2 Å². The molecule has 52 heavy (non-hydrogen) atoms. The first-order valence-electron chi connectivity index (χ1n) is 17.6. The van der Waals surface area contributed by atoms with Gasteiger partial charge in [0.15, 0.2) is 5.78 Å². The highest BCUT2D eigenvalue weighted by atomic mass is 16.4. The molecule has 16 nitrogen and oxygen atoms in total. The van der Waals surface area contributed by atoms with Crippen LogP contribution < -0.4 is 32.7 Å². The van der Waals surface area contributed by atoms with Crippen LogP contribution in [0.15, 0.2) is 48.9 Å². The zero-order valence-corrected chi connectivity index (χ0v) is 29.7. The Labute approximate surface area is 303 Å². The Bertz CT molecular complexity index is 1530. The van der Waals surface area contributed by atoms with Crippen LogP contribution >= 0.6 is 0 Å². The van der Waals surface area contributed by atoms with Gasteiger partial charge in [0.25, 0.3) is 0 Å². The molecule has 3 rings (SSSR count). The highest BCUT2D eigenvalue weighted by molar-refractivity contribution is 5.97. The van der Waals surface area contributed by atoms with E-state index in [0.29, 0.717) is 30.6 Å². The van der Waals surface area contributed by atoms with Crippen LogP contribution in [-0.4, -0.2) is 92.3 Å². The third-order valence-corrected chi connectivity index (χ3v) is 8.72. The number of aliphatic carboxylic acids is 1. The number of nitrogens with two attached hydrogens (primary N) is 2. The van der Waals surface area contributed by atoms with Crippen LogP contribution in [0.4, 0.5) is 0 Å². The first-order valence-corrected chi connectivity index (χ1v) is 17.6. The van der Waals surface area contributed by atoms with Crippen molar-refractivity contribution in [3.05, 3.63) is 60.2 Å². The predicted octanol–water partition coefficient (Wildman–Crippen LogP) is 0.352. The number of hydrogen-bond donors (Lipinski definition) is 9. The first kappa shape index (κ1) is 41.3. The van der Waals surface area contributed by atoms with Crippen molar-refractivity contribution in [2.75, 3.05) is 6.54 Å². The predicted molar refractivity (Wildman–Crippen MR) is 191 cm³/mol. The molecular formula is C36H52N8O8. The minimum absolute atomic E-state index is 0.00370. The number of nitrogens with zero attached hydrogens (tertiary/aromatic N) is 1. The third-order valence-electron chi connectivity index (χ3n) is 8.72. The largest absolute Gasteiger partial charge is 0.508 e. The zero-order valence-electron chi connectivity index (χ0n) is 29.7. The average Bonchev–Trinajstić information content (AvgIpc) is 3.61. The van der Waals surface area contributed by atoms with E-state index >= 15 is 0 Å². The van der Waals surface area contributed by atoms with E-state index in [1.807, 2.05) is 13.8 Å². The number of carbonyl (C=O) groups is 6. The maximum Gasteiger partial charge on any atom is 0.306 e. The molecule has 1 aliphatic heterocycles. The molecule has 1 aromatic carbocycles. The smallest absolute Gasteiger partial charge is 0.306 e. The van der Waals surface area contributed by atoms with Gasteiger partial charge in [0, 0.05) is 24.7 Å². The van der Waals surface area contributed by atoms with Gasteiger partial charge < -0.3 is 47.9 Å². The molecule has 0 saturated carbocycles. The fraction of sp³-hybridized carbons (Fsp3) is 0.528. The summed E-state index contributed by atoms with van der Waals surface area (Å²) in [4.78, 5) is 86.9. The lowest BCUT2D eigenvalue weighted by molar-refractivity contribution is -0.144. The topological polar surface area (TPSA) is 272 Å². The first-order chi connectivity index (χ1) is 24.8. The molecule has 0 saturated heterocycles. The normalized spacial score (nSPS) is 21.3. The molecule has 6 atom stereocenters. The van der Waals surface area contributed by atoms with E-state index in [1.165, 1.54) is 24.7 Å². The fourth-order valence-corrected chi connectivity index (χ4v) is 5.84. The summed E-state index contributed by atoms with van der Waals surface area (Å²) in [6.07, 6.45) is 7.30. The Hall–Kier alpha value is -5.09. The number of aromatic hydroxyl groups is 1. The van der Waals surface area contributed by atoms with Crippen molar-refractivity contribution in [1.29, 1.82) is 0 Å². The summed E-state index contributed by atoms with van der Waals surface area (Å²) in [6.45, 7) is 4.05. The number of imidazole rings is 1. The Morgan fingerprint density at radius 3 is 2.27 bits per heavy atom. The maximum atomic E-state index is 13.9. The Morgan fingerprint density at radius 2 is 1.63 bits per heavy atom. The van der Waals surface area contributed by atoms with E-state index in [4.69, 9.17) is 11.5 Å². The number of unbranched alkanes of at least 4 members (excludes halogenated alkanes) is 1. The van der Waals surface area contributed by atoms with Gasteiger partial charge in [-0.2, -0.15) is 0 Å². The van der Waals surface area contributed by atoms with Gasteiger partial charge in [-0.3, -0.25) is 28.8 Å². The molecular weight excluding hydrogens is 672 g/mol. The lowest BCUT2D eigenvalue weighted by Gasteiger charge is -2.27. The molecule has 0 aliphatic carbocycles. The summed E-state index contributed by atoms with van der Waals surface area (Å²) in [5.41, 5.74) is 13.0. The number of carboxylic acid groups (broad SMARTS) is 1. The van der Waals surface area contributed by atoms with Gasteiger partial charge in [0.05, 0.1) is 24.3 Å². The number of benzene rings is 1. The van der Waals surface area contributed by atoms with Crippen LogP contribution in [0.5, 0.6) is 5.75 Å². The van der Waals surface area contributed by atoms with E-state index in [-0.39, 0.29) is 56.6 Å². The van der Waals surface area contributed by atoms with E-state index in [1.54, 1.807) is 24.3 Å². The summed E-state index contributed by atoms with van der Waals surface area (Å²) >= 11 is 0. The number of carbonyl (C=O) groups excluding carboxylic acids is 5. The summed E-state index contributed by atoms with van der Waals surface area (Å²) in [7, 11) is 0. The summed E-state index contributed by atoms with van der Waals surface area (Å²) < 4.78 is 0. The highest BCUT2D eigenvalue weighted by Crippen LogP contribution is 2.19. The monoisotopic (exact) mass is 724 g/mol. The number of carboxylic acids is 1. The molecule has 284 valence electrons. The molecule has 0 unspecified atom stereocenters. The van der Waals surface area contributed by atoms with Crippen molar-refractivity contribution >= 4 is 35.4 Å². The van der Waals surface area contributed by atoms with Crippen molar-refractivity contribution in [2.24, 2.45) is 23.3 Å². The fourth-order valence-electron chi connectivity index (χ4n) is 5.84. The third kappa shape index (κ3) is 13.6. The van der Waals surface area contributed by atoms with Crippen molar-refractivity contribution in [3.8, 4) is 5.75 Å². The van der Waals surface area contributed by atoms with Crippen molar-refractivity contribution < 1.29 is 39.0 Å². The molecule has 2 aromatic rings. The van der Waals surface area contributed by atoms with Crippen LogP contribution in [0.1, 0.15) is 70.1 Å². The number of phenolic OH excluding ortho intramolecular Hbond substituents is 1. The number of aromatic nitrogens is 2. The van der Waals surface area contributed by atoms with Crippen LogP contribution in [0.3, 0.4) is 0 Å². The van der Waals surface area contributed by atoms with Crippen LogP contribution in [0.2, 0.25) is 0 Å². The zero-order chi connectivity index (χ0) is 38.2. The number of nitrogens with one attached hydrogen (secondary N) is 5. The second kappa shape index (κ2) is 20.7. The quantitative estimate of drug-likeness (QED) is 0.0842. The van der Waals surface area contributed by atoms with Crippen molar-refractivity contribution in [3.63, 3.8) is 0 Å². The molecule has 0 radical (unpaired) electrons. The minimum Gasteiger partial charge on any atom is -0.508 e. The summed E-state index contributed by atoms with van der Waals surface area (Å²) in [6, 6.07) is 0.401. The number of Topliss-reactive ketones (excluding diaryl/α,β-unsaturated/α-hetero) is 1.